The minimum atomic E-state index is -2.48. The van der Waals surface area contributed by atoms with Crippen molar-refractivity contribution in [1.29, 1.82) is 0 Å². The third kappa shape index (κ3) is 8.57. The van der Waals surface area contributed by atoms with Crippen LogP contribution >= 0.6 is 0 Å². The molecule has 3 heterocycles. The molecule has 0 bridgehead atoms. The fourth-order valence-electron chi connectivity index (χ4n) is 9.37. The van der Waals surface area contributed by atoms with Gasteiger partial charge in [0.05, 0.1) is 59.4 Å². The highest BCUT2D eigenvalue weighted by atomic mass is 28.3. The van der Waals surface area contributed by atoms with E-state index in [1.165, 1.54) is 12.3 Å². The van der Waals surface area contributed by atoms with E-state index in [0.29, 0.717) is 60.6 Å². The Hall–Kier alpha value is -5.83. The number of aliphatic hydroxyl groups excluding tert-OH is 1. The number of hydrogen-bond donors (Lipinski definition) is 2. The lowest BCUT2D eigenvalue weighted by Crippen LogP contribution is -2.52. The average molecular weight is 846 g/mol. The fraction of sp³-hybridized carbons (Fsp3) is 0.383. The number of esters is 1. The third-order valence-electron chi connectivity index (χ3n) is 12.6. The van der Waals surface area contributed by atoms with Gasteiger partial charge in [0.1, 0.15) is 11.5 Å². The molecule has 0 aliphatic carbocycles. The van der Waals surface area contributed by atoms with E-state index in [1.54, 1.807) is 48.1 Å². The fourth-order valence-corrected chi connectivity index (χ4v) is 13.4. The summed E-state index contributed by atoms with van der Waals surface area (Å²) in [6.45, 7) is 7.53. The molecular formula is C47H55N5O8Si. The van der Waals surface area contributed by atoms with Crippen molar-refractivity contribution in [2.24, 2.45) is 5.92 Å². The topological polar surface area (TPSA) is 154 Å². The van der Waals surface area contributed by atoms with E-state index in [-0.39, 0.29) is 54.3 Å². The zero-order valence-corrected chi connectivity index (χ0v) is 36.7. The number of carbonyl (C=O) groups is 3. The van der Waals surface area contributed by atoms with E-state index in [2.05, 4.69) is 47.8 Å². The number of benzene rings is 4. The average Bonchev–Trinajstić information content (AvgIpc) is 3.94. The van der Waals surface area contributed by atoms with Gasteiger partial charge in [-0.25, -0.2) is 0 Å². The summed E-state index contributed by atoms with van der Waals surface area (Å²) in [5.41, 5.74) is 2.62. The molecule has 61 heavy (non-hydrogen) atoms. The number of nitrogens with one attached hydrogen (secondary N) is 1. The molecule has 2 aliphatic rings. The molecule has 0 radical (unpaired) electrons. The first-order valence-electron chi connectivity index (χ1n) is 20.8. The van der Waals surface area contributed by atoms with Gasteiger partial charge in [-0.15, -0.1) is 5.10 Å². The molecule has 1 spiro atoms. The van der Waals surface area contributed by atoms with E-state index < -0.39 is 13.7 Å². The second kappa shape index (κ2) is 18.4. The third-order valence-corrected chi connectivity index (χ3v) is 17.0. The lowest BCUT2D eigenvalue weighted by atomic mass is 9.82. The van der Waals surface area contributed by atoms with Gasteiger partial charge in [0.2, 0.25) is 0 Å². The molecule has 4 aromatic carbocycles. The normalized spacial score (nSPS) is 20.1. The first-order valence-corrected chi connectivity index (χ1v) is 23.9. The van der Waals surface area contributed by atoms with Crippen LogP contribution in [0, 0.1) is 5.92 Å². The van der Waals surface area contributed by atoms with E-state index in [4.69, 9.17) is 18.9 Å². The second-order valence-corrected chi connectivity index (χ2v) is 21.1. The number of rotatable bonds is 17. The Balaban J connectivity index is 1.26. The number of aryl methyl sites for hydroxylation is 1. The van der Waals surface area contributed by atoms with Crippen molar-refractivity contribution in [2.45, 2.75) is 75.4 Å². The smallest absolute Gasteiger partial charge is 0.305 e. The van der Waals surface area contributed by atoms with E-state index in [1.807, 2.05) is 66.9 Å². The Labute approximate surface area is 358 Å². The summed E-state index contributed by atoms with van der Waals surface area (Å²) in [7, 11) is 2.13. The Morgan fingerprint density at radius 2 is 1.61 bits per heavy atom. The van der Waals surface area contributed by atoms with Gasteiger partial charge in [-0.3, -0.25) is 19.1 Å². The number of nitrogens with zero attached hydrogens (tertiary/aromatic N) is 4. The molecule has 1 saturated heterocycles. The second-order valence-electron chi connectivity index (χ2n) is 16.4. The molecule has 7 rings (SSSR count). The number of aliphatic hydroxyl groups is 1. The number of unbranched alkanes of at least 4 members (excludes halogenated alkanes) is 1. The summed E-state index contributed by atoms with van der Waals surface area (Å²) in [5.74, 6) is 0.0529. The van der Waals surface area contributed by atoms with Crippen LogP contribution in [-0.4, -0.2) is 86.5 Å². The monoisotopic (exact) mass is 845 g/mol. The summed E-state index contributed by atoms with van der Waals surface area (Å²) >= 11 is 0. The van der Waals surface area contributed by atoms with Crippen LogP contribution in [-0.2, 0) is 31.2 Å². The van der Waals surface area contributed by atoms with Crippen molar-refractivity contribution in [2.75, 3.05) is 44.7 Å². The standard InChI is InChI=1S/C47H55N5O8Si/c1-31-44(61(5,6)37-22-20-36(58-3)21-23-37)42(25-27-51-29-40(49-50-51)38(30-53)32-12-8-7-9-13-32)60-47(31)39-28-34(48-45(55)33-15-18-35(57-2)19-16-33)17-24-41(39)52(46(47)56)26-11-10-14-43(54)59-4/h7-9,12-13,15-24,28-29,31,38,42,44,53H,10-11,14,25-27,30H2,1-6H3,(H,48,55)/t31-,38?,42+,44-,47+/m0/s1. The zero-order chi connectivity index (χ0) is 43.3. The summed E-state index contributed by atoms with van der Waals surface area (Å²) in [5, 5.41) is 23.6. The highest BCUT2D eigenvalue weighted by molar-refractivity contribution is 6.91. The maximum Gasteiger partial charge on any atom is 0.305 e. The molecule has 320 valence electrons. The number of aromatic nitrogens is 3. The highest BCUT2D eigenvalue weighted by Gasteiger charge is 2.66. The van der Waals surface area contributed by atoms with Crippen LogP contribution in [0.5, 0.6) is 11.5 Å². The molecule has 2 amide bonds. The van der Waals surface area contributed by atoms with Crippen molar-refractivity contribution < 1.29 is 38.4 Å². The number of anilines is 2. The molecule has 13 nitrogen and oxygen atoms in total. The van der Waals surface area contributed by atoms with Crippen molar-refractivity contribution in [3.8, 4) is 11.5 Å². The van der Waals surface area contributed by atoms with Crippen LogP contribution in [0.2, 0.25) is 18.6 Å². The van der Waals surface area contributed by atoms with Gasteiger partial charge in [-0.05, 0) is 85.0 Å². The number of methoxy groups -OCH3 is 3. The molecule has 1 aromatic heterocycles. The van der Waals surface area contributed by atoms with Crippen LogP contribution < -0.4 is 24.9 Å². The maximum atomic E-state index is 15.3. The largest absolute Gasteiger partial charge is 0.497 e. The van der Waals surface area contributed by atoms with Crippen LogP contribution in [0.3, 0.4) is 0 Å². The van der Waals surface area contributed by atoms with Gasteiger partial charge in [0.15, 0.2) is 5.60 Å². The summed E-state index contributed by atoms with van der Waals surface area (Å²) in [4.78, 5) is 42.6. The minimum Gasteiger partial charge on any atom is -0.497 e. The summed E-state index contributed by atoms with van der Waals surface area (Å²) < 4.78 is 24.8. The van der Waals surface area contributed by atoms with Crippen molar-refractivity contribution in [3.05, 3.63) is 126 Å². The predicted octanol–water partition coefficient (Wildman–Crippen LogP) is 6.67. The minimum absolute atomic E-state index is 0.0491. The van der Waals surface area contributed by atoms with Gasteiger partial charge >= 0.3 is 5.97 Å². The van der Waals surface area contributed by atoms with Crippen LogP contribution in [0.1, 0.15) is 65.7 Å². The molecule has 5 aromatic rings. The molecule has 2 aliphatic heterocycles. The first kappa shape index (κ1) is 43.3. The van der Waals surface area contributed by atoms with Gasteiger partial charge < -0.3 is 34.3 Å². The SMILES string of the molecule is COC(=O)CCCCN1C(=O)[C@]2(O[C@H](CCn3cc(C(CO)c4ccccc4)nn3)[C@@H]([Si](C)(C)c3ccc(OC)cc3)[C@@H]2C)c2cc(NC(=O)c3ccc(OC)cc3)ccc21. The number of carbonyl (C=O) groups excluding carboxylic acids is 3. The van der Waals surface area contributed by atoms with Crippen molar-refractivity contribution >= 4 is 42.4 Å². The Kier molecular flexibility index (Phi) is 13.1. The molecule has 5 atom stereocenters. The Morgan fingerprint density at radius 1 is 0.918 bits per heavy atom. The zero-order valence-electron chi connectivity index (χ0n) is 35.7. The Morgan fingerprint density at radius 3 is 2.26 bits per heavy atom. The maximum absolute atomic E-state index is 15.3. The molecule has 14 heteroatoms. The molecule has 1 fully saturated rings. The number of hydrogen-bond acceptors (Lipinski definition) is 10. The van der Waals surface area contributed by atoms with Crippen LogP contribution in [0.25, 0.3) is 0 Å². The molecule has 1 unspecified atom stereocenters. The van der Waals surface area contributed by atoms with E-state index in [9.17, 15) is 14.7 Å². The highest BCUT2D eigenvalue weighted by Crippen LogP contribution is 2.60. The van der Waals surface area contributed by atoms with Gasteiger partial charge in [-0.1, -0.05) is 72.9 Å². The van der Waals surface area contributed by atoms with Crippen LogP contribution in [0.15, 0.2) is 103 Å². The molecule has 0 saturated carbocycles. The molecule has 2 N–H and O–H groups in total. The van der Waals surface area contributed by atoms with E-state index >= 15 is 4.79 Å². The number of amides is 2. The van der Waals surface area contributed by atoms with Crippen molar-refractivity contribution in [1.82, 2.24) is 15.0 Å². The Bertz CT molecular complexity index is 2320. The van der Waals surface area contributed by atoms with Gasteiger partial charge in [0, 0.05) is 48.4 Å². The number of ether oxygens (including phenoxy) is 4. The lowest BCUT2D eigenvalue weighted by Gasteiger charge is -2.37. The lowest BCUT2D eigenvalue weighted by molar-refractivity contribution is -0.146. The summed E-state index contributed by atoms with van der Waals surface area (Å²) in [6.07, 6.45) is 3.42. The predicted molar refractivity (Wildman–Crippen MR) is 235 cm³/mol. The van der Waals surface area contributed by atoms with Gasteiger partial charge in [-0.2, -0.15) is 0 Å². The number of fused-ring (bicyclic) bond motifs is 2. The van der Waals surface area contributed by atoms with Crippen LogP contribution in [0.4, 0.5) is 11.4 Å². The molecular weight excluding hydrogens is 791 g/mol. The summed E-state index contributed by atoms with van der Waals surface area (Å²) in [6, 6.07) is 30.5. The first-order chi connectivity index (χ1) is 29.4. The van der Waals surface area contributed by atoms with E-state index in [0.717, 1.165) is 17.0 Å². The quantitative estimate of drug-likeness (QED) is 0.0590. The van der Waals surface area contributed by atoms with Crippen molar-refractivity contribution in [3.63, 3.8) is 0 Å². The van der Waals surface area contributed by atoms with Gasteiger partial charge in [0.25, 0.3) is 11.8 Å².